The van der Waals surface area contributed by atoms with Crippen molar-refractivity contribution in [1.29, 1.82) is 0 Å². The first-order chi connectivity index (χ1) is 10.1. The number of hydrogen-bond acceptors (Lipinski definition) is 3. The second-order valence-corrected chi connectivity index (χ2v) is 4.82. The molecule has 1 amide bonds. The summed E-state index contributed by atoms with van der Waals surface area (Å²) >= 11 is 0. The standard InChI is InChI=1S/C14H16F3NO4/c1-3-4-18(2)12(20)9-5-8(11(19)14(15,16)17)6-10(7-9)13(21)22/h5-7,11,19H,3-4H2,1-2H3,(H,21,22). The van der Waals surface area contributed by atoms with Crippen molar-refractivity contribution in [2.24, 2.45) is 0 Å². The molecule has 2 N–H and O–H groups in total. The van der Waals surface area contributed by atoms with Crippen LogP contribution < -0.4 is 0 Å². The molecule has 0 heterocycles. The van der Waals surface area contributed by atoms with E-state index in [1.54, 1.807) is 0 Å². The number of aliphatic hydroxyl groups excluding tert-OH is 1. The molecule has 0 aliphatic rings. The lowest BCUT2D eigenvalue weighted by molar-refractivity contribution is -0.206. The predicted molar refractivity (Wildman–Crippen MR) is 71.7 cm³/mol. The van der Waals surface area contributed by atoms with E-state index >= 15 is 0 Å². The summed E-state index contributed by atoms with van der Waals surface area (Å²) in [5.41, 5.74) is -1.39. The summed E-state index contributed by atoms with van der Waals surface area (Å²) in [6.07, 6.45) is -7.17. The summed E-state index contributed by atoms with van der Waals surface area (Å²) in [6.45, 7) is 2.18. The Labute approximate surface area is 125 Å². The number of nitrogens with zero attached hydrogens (tertiary/aromatic N) is 1. The molecular formula is C14H16F3NO4. The lowest BCUT2D eigenvalue weighted by atomic mass is 10.0. The van der Waals surface area contributed by atoms with E-state index in [0.717, 1.165) is 12.1 Å². The lowest BCUT2D eigenvalue weighted by Crippen LogP contribution is -2.28. The molecule has 0 radical (unpaired) electrons. The van der Waals surface area contributed by atoms with E-state index in [-0.39, 0.29) is 5.56 Å². The van der Waals surface area contributed by atoms with Gasteiger partial charge in [-0.05, 0) is 30.2 Å². The number of amides is 1. The van der Waals surface area contributed by atoms with Crippen LogP contribution in [0, 0.1) is 0 Å². The van der Waals surface area contributed by atoms with Crippen molar-refractivity contribution >= 4 is 11.9 Å². The van der Waals surface area contributed by atoms with Crippen LogP contribution in [0.4, 0.5) is 13.2 Å². The van der Waals surface area contributed by atoms with Crippen molar-refractivity contribution in [3.05, 3.63) is 34.9 Å². The summed E-state index contributed by atoms with van der Waals surface area (Å²) in [5.74, 6) is -2.09. The Bertz CT molecular complexity index is 572. The molecule has 122 valence electrons. The third-order valence-electron chi connectivity index (χ3n) is 2.98. The van der Waals surface area contributed by atoms with Crippen molar-refractivity contribution in [2.45, 2.75) is 25.6 Å². The molecule has 1 rings (SSSR count). The Hall–Kier alpha value is -2.09. The fourth-order valence-corrected chi connectivity index (χ4v) is 1.90. The first kappa shape index (κ1) is 18.0. The second-order valence-electron chi connectivity index (χ2n) is 4.82. The van der Waals surface area contributed by atoms with Gasteiger partial charge in [-0.3, -0.25) is 4.79 Å². The highest BCUT2D eigenvalue weighted by Gasteiger charge is 2.40. The van der Waals surface area contributed by atoms with E-state index in [1.165, 1.54) is 11.9 Å². The maximum atomic E-state index is 12.6. The van der Waals surface area contributed by atoms with Gasteiger partial charge in [-0.25, -0.2) is 4.79 Å². The minimum absolute atomic E-state index is 0.214. The number of carboxylic acid groups (broad SMARTS) is 1. The quantitative estimate of drug-likeness (QED) is 0.874. The van der Waals surface area contributed by atoms with Crippen LogP contribution in [0.15, 0.2) is 18.2 Å². The average molecular weight is 319 g/mol. The Kier molecular flexibility index (Phi) is 5.54. The molecule has 0 spiro atoms. The number of alkyl halides is 3. The van der Waals surface area contributed by atoms with Gasteiger partial charge in [-0.15, -0.1) is 0 Å². The van der Waals surface area contributed by atoms with E-state index in [1.807, 2.05) is 6.92 Å². The first-order valence-electron chi connectivity index (χ1n) is 6.46. The van der Waals surface area contributed by atoms with Crippen molar-refractivity contribution in [1.82, 2.24) is 4.90 Å². The number of aromatic carboxylic acids is 1. The number of aliphatic hydroxyl groups is 1. The highest BCUT2D eigenvalue weighted by Crippen LogP contribution is 2.33. The molecule has 1 aromatic carbocycles. The third kappa shape index (κ3) is 4.20. The van der Waals surface area contributed by atoms with Crippen molar-refractivity contribution in [3.8, 4) is 0 Å². The Morgan fingerprint density at radius 2 is 1.77 bits per heavy atom. The molecule has 1 aromatic rings. The number of benzene rings is 1. The molecule has 0 bridgehead atoms. The summed E-state index contributed by atoms with van der Waals surface area (Å²) in [6, 6.07) is 2.56. The highest BCUT2D eigenvalue weighted by atomic mass is 19.4. The van der Waals surface area contributed by atoms with Crippen LogP contribution >= 0.6 is 0 Å². The van der Waals surface area contributed by atoms with Gasteiger partial charge in [-0.2, -0.15) is 13.2 Å². The van der Waals surface area contributed by atoms with E-state index in [4.69, 9.17) is 5.11 Å². The fraction of sp³-hybridized carbons (Fsp3) is 0.429. The van der Waals surface area contributed by atoms with Crippen LogP contribution in [0.2, 0.25) is 0 Å². The molecule has 0 aliphatic heterocycles. The topological polar surface area (TPSA) is 77.8 Å². The zero-order valence-electron chi connectivity index (χ0n) is 12.0. The van der Waals surface area contributed by atoms with Gasteiger partial charge in [0.05, 0.1) is 5.56 Å². The predicted octanol–water partition coefficient (Wildman–Crippen LogP) is 2.46. The lowest BCUT2D eigenvalue weighted by Gasteiger charge is -2.19. The Balaban J connectivity index is 3.32. The first-order valence-corrected chi connectivity index (χ1v) is 6.46. The number of carbonyl (C=O) groups is 2. The SMILES string of the molecule is CCCN(C)C(=O)c1cc(C(=O)O)cc(C(O)C(F)(F)F)c1. The molecule has 0 saturated carbocycles. The van der Waals surface area contributed by atoms with Gasteiger partial charge < -0.3 is 15.1 Å². The number of hydrogen-bond donors (Lipinski definition) is 2. The summed E-state index contributed by atoms with van der Waals surface area (Å²) < 4.78 is 37.8. The molecule has 1 atom stereocenters. The minimum atomic E-state index is -4.95. The molecule has 0 aliphatic carbocycles. The van der Waals surface area contributed by atoms with E-state index in [0.29, 0.717) is 19.0 Å². The van der Waals surface area contributed by atoms with E-state index in [2.05, 4.69) is 0 Å². The van der Waals surface area contributed by atoms with Gasteiger partial charge in [0.2, 0.25) is 0 Å². The molecule has 22 heavy (non-hydrogen) atoms. The van der Waals surface area contributed by atoms with Gasteiger partial charge in [0.1, 0.15) is 0 Å². The Morgan fingerprint density at radius 1 is 1.23 bits per heavy atom. The molecule has 0 saturated heterocycles. The molecule has 0 aromatic heterocycles. The van der Waals surface area contributed by atoms with Gasteiger partial charge in [0.15, 0.2) is 6.10 Å². The van der Waals surface area contributed by atoms with Crippen molar-refractivity contribution in [2.75, 3.05) is 13.6 Å². The van der Waals surface area contributed by atoms with Gasteiger partial charge in [0, 0.05) is 19.2 Å². The summed E-state index contributed by atoms with van der Waals surface area (Å²) in [4.78, 5) is 24.4. The van der Waals surface area contributed by atoms with Crippen LogP contribution in [0.25, 0.3) is 0 Å². The maximum absolute atomic E-state index is 12.6. The highest BCUT2D eigenvalue weighted by molar-refractivity contribution is 5.97. The largest absolute Gasteiger partial charge is 0.478 e. The van der Waals surface area contributed by atoms with Crippen LogP contribution in [0.5, 0.6) is 0 Å². The minimum Gasteiger partial charge on any atom is -0.478 e. The van der Waals surface area contributed by atoms with Crippen LogP contribution in [0.3, 0.4) is 0 Å². The number of carbonyl (C=O) groups excluding carboxylic acids is 1. The number of carboxylic acids is 1. The van der Waals surface area contributed by atoms with E-state index in [9.17, 15) is 27.9 Å². The Morgan fingerprint density at radius 3 is 2.23 bits per heavy atom. The molecule has 0 fully saturated rings. The molecule has 5 nitrogen and oxygen atoms in total. The van der Waals surface area contributed by atoms with E-state index < -0.39 is 35.3 Å². The molecule has 8 heteroatoms. The normalized spacial score (nSPS) is 12.8. The number of halogens is 3. The van der Waals surface area contributed by atoms with Crippen LogP contribution in [-0.4, -0.2) is 46.8 Å². The van der Waals surface area contributed by atoms with Gasteiger partial charge in [-0.1, -0.05) is 6.92 Å². The molecule has 1 unspecified atom stereocenters. The smallest absolute Gasteiger partial charge is 0.418 e. The third-order valence-corrected chi connectivity index (χ3v) is 2.98. The second kappa shape index (κ2) is 6.78. The average Bonchev–Trinajstić information content (AvgIpc) is 2.44. The fourth-order valence-electron chi connectivity index (χ4n) is 1.90. The zero-order chi connectivity index (χ0) is 17.1. The van der Waals surface area contributed by atoms with Crippen LogP contribution in [0.1, 0.15) is 45.7 Å². The molecular weight excluding hydrogens is 303 g/mol. The van der Waals surface area contributed by atoms with Gasteiger partial charge in [0.25, 0.3) is 5.91 Å². The number of rotatable bonds is 5. The maximum Gasteiger partial charge on any atom is 0.418 e. The van der Waals surface area contributed by atoms with Gasteiger partial charge >= 0.3 is 12.1 Å². The van der Waals surface area contributed by atoms with Crippen LogP contribution in [-0.2, 0) is 0 Å². The monoisotopic (exact) mass is 319 g/mol. The summed E-state index contributed by atoms with van der Waals surface area (Å²) in [7, 11) is 1.46. The van der Waals surface area contributed by atoms with Crippen molar-refractivity contribution < 1.29 is 33.0 Å². The zero-order valence-corrected chi connectivity index (χ0v) is 12.0. The van der Waals surface area contributed by atoms with Crippen molar-refractivity contribution in [3.63, 3.8) is 0 Å². The summed E-state index contributed by atoms with van der Waals surface area (Å²) in [5, 5.41) is 18.2.